The molecule has 0 aromatic heterocycles. The molecule has 1 unspecified atom stereocenters. The monoisotopic (exact) mass is 200 g/mol. The van der Waals surface area contributed by atoms with Gasteiger partial charge in [-0.05, 0) is 12.3 Å². The van der Waals surface area contributed by atoms with Gasteiger partial charge in [0.2, 0.25) is 0 Å². The number of fused-ring (bicyclic) bond motifs is 3. The molecule has 2 heteroatoms. The van der Waals surface area contributed by atoms with Crippen LogP contribution in [0.25, 0.3) is 10.8 Å². The fraction of sp³-hybridized carbons (Fsp3) is 0.231. The molecule has 0 radical (unpaired) electrons. The Hall–Kier alpha value is -1.54. The van der Waals surface area contributed by atoms with E-state index in [-0.39, 0.29) is 0 Å². The first-order valence-corrected chi connectivity index (χ1v) is 5.06. The van der Waals surface area contributed by atoms with Crippen molar-refractivity contribution in [3.05, 3.63) is 42.0 Å². The quantitative estimate of drug-likeness (QED) is 0.707. The number of ether oxygens (including phenoxy) is 1. The average Bonchev–Trinajstić information content (AvgIpc) is 2.55. The Bertz CT molecular complexity index is 529. The molecule has 1 N–H and O–H groups in total. The first kappa shape index (κ1) is 8.74. The van der Waals surface area contributed by atoms with Crippen molar-refractivity contribution in [2.75, 3.05) is 6.61 Å². The van der Waals surface area contributed by atoms with Gasteiger partial charge in [-0.1, -0.05) is 36.4 Å². The molecule has 0 bridgehead atoms. The summed E-state index contributed by atoms with van der Waals surface area (Å²) < 4.78 is 5.58. The lowest BCUT2D eigenvalue weighted by Crippen LogP contribution is -2.22. The molecule has 15 heavy (non-hydrogen) atoms. The molecule has 76 valence electrons. The van der Waals surface area contributed by atoms with E-state index in [0.29, 0.717) is 6.61 Å². The van der Waals surface area contributed by atoms with Crippen molar-refractivity contribution in [2.24, 2.45) is 0 Å². The zero-order chi connectivity index (χ0) is 10.5. The van der Waals surface area contributed by atoms with Gasteiger partial charge < -0.3 is 9.84 Å². The zero-order valence-corrected chi connectivity index (χ0v) is 8.53. The van der Waals surface area contributed by atoms with E-state index in [0.717, 1.165) is 22.1 Å². The summed E-state index contributed by atoms with van der Waals surface area (Å²) in [6.07, 6.45) is 0. The maximum absolute atomic E-state index is 10.1. The summed E-state index contributed by atoms with van der Waals surface area (Å²) in [5.74, 6) is 0.832. The summed E-state index contributed by atoms with van der Waals surface area (Å²) in [5.41, 5.74) is 0.0421. The van der Waals surface area contributed by atoms with E-state index in [1.165, 1.54) is 0 Å². The third-order valence-corrected chi connectivity index (χ3v) is 2.96. The summed E-state index contributed by atoms with van der Waals surface area (Å²) in [5, 5.41) is 12.3. The third kappa shape index (κ3) is 1.15. The number of rotatable bonds is 0. The summed E-state index contributed by atoms with van der Waals surface area (Å²) >= 11 is 0. The third-order valence-electron chi connectivity index (χ3n) is 2.96. The van der Waals surface area contributed by atoms with Gasteiger partial charge in [-0.25, -0.2) is 0 Å². The van der Waals surface area contributed by atoms with E-state index in [1.54, 1.807) is 6.92 Å². The molecule has 1 aliphatic heterocycles. The second-order valence-corrected chi connectivity index (χ2v) is 4.23. The van der Waals surface area contributed by atoms with Gasteiger partial charge in [0.25, 0.3) is 0 Å². The fourth-order valence-corrected chi connectivity index (χ4v) is 2.11. The summed E-state index contributed by atoms with van der Waals surface area (Å²) in [6, 6.07) is 12.0. The fourth-order valence-electron chi connectivity index (χ4n) is 2.11. The molecule has 0 aliphatic carbocycles. The lowest BCUT2D eigenvalue weighted by molar-refractivity contribution is 0.0351. The van der Waals surface area contributed by atoms with Gasteiger partial charge in [-0.3, -0.25) is 0 Å². The maximum atomic E-state index is 10.1. The zero-order valence-electron chi connectivity index (χ0n) is 8.53. The van der Waals surface area contributed by atoms with E-state index in [4.69, 9.17) is 4.74 Å². The van der Waals surface area contributed by atoms with Gasteiger partial charge in [0.1, 0.15) is 18.0 Å². The molecule has 2 nitrogen and oxygen atoms in total. The Morgan fingerprint density at radius 1 is 1.20 bits per heavy atom. The van der Waals surface area contributed by atoms with E-state index < -0.39 is 5.60 Å². The first-order valence-electron chi connectivity index (χ1n) is 5.06. The predicted octanol–water partition coefficient (Wildman–Crippen LogP) is 2.44. The number of hydrogen-bond donors (Lipinski definition) is 1. The van der Waals surface area contributed by atoms with Crippen molar-refractivity contribution in [1.29, 1.82) is 0 Å². The molecule has 1 atom stereocenters. The Morgan fingerprint density at radius 3 is 2.87 bits per heavy atom. The number of benzene rings is 2. The van der Waals surface area contributed by atoms with Crippen molar-refractivity contribution in [3.63, 3.8) is 0 Å². The van der Waals surface area contributed by atoms with Crippen LogP contribution in [0.3, 0.4) is 0 Å². The number of hydrogen-bond acceptors (Lipinski definition) is 2. The minimum Gasteiger partial charge on any atom is -0.489 e. The van der Waals surface area contributed by atoms with Crippen molar-refractivity contribution in [1.82, 2.24) is 0 Å². The Labute approximate surface area is 88.1 Å². The summed E-state index contributed by atoms with van der Waals surface area (Å²) in [4.78, 5) is 0. The lowest BCUT2D eigenvalue weighted by atomic mass is 9.96. The molecule has 0 spiro atoms. The number of aliphatic hydroxyl groups is 1. The molecule has 0 amide bonds. The lowest BCUT2D eigenvalue weighted by Gasteiger charge is -2.13. The predicted molar refractivity (Wildman–Crippen MR) is 59.0 cm³/mol. The van der Waals surface area contributed by atoms with E-state index in [9.17, 15) is 5.11 Å². The van der Waals surface area contributed by atoms with Crippen molar-refractivity contribution in [2.45, 2.75) is 12.5 Å². The molecule has 2 aromatic rings. The Balaban J connectivity index is 2.38. The van der Waals surface area contributed by atoms with Gasteiger partial charge in [0.05, 0.1) is 0 Å². The van der Waals surface area contributed by atoms with Gasteiger partial charge in [-0.2, -0.15) is 0 Å². The van der Waals surface area contributed by atoms with E-state index in [2.05, 4.69) is 0 Å². The van der Waals surface area contributed by atoms with Gasteiger partial charge >= 0.3 is 0 Å². The Morgan fingerprint density at radius 2 is 2.00 bits per heavy atom. The molecule has 3 rings (SSSR count). The molecular weight excluding hydrogens is 188 g/mol. The van der Waals surface area contributed by atoms with E-state index in [1.807, 2.05) is 36.4 Å². The molecule has 0 saturated carbocycles. The highest BCUT2D eigenvalue weighted by atomic mass is 16.5. The normalized spacial score (nSPS) is 23.9. The average molecular weight is 200 g/mol. The highest BCUT2D eigenvalue weighted by molar-refractivity contribution is 5.90. The molecule has 2 aromatic carbocycles. The first-order chi connectivity index (χ1) is 7.18. The highest BCUT2D eigenvalue weighted by Crippen LogP contribution is 2.41. The molecule has 0 saturated heterocycles. The van der Waals surface area contributed by atoms with Crippen molar-refractivity contribution in [3.8, 4) is 5.75 Å². The van der Waals surface area contributed by atoms with Crippen LogP contribution in [0.15, 0.2) is 36.4 Å². The largest absolute Gasteiger partial charge is 0.489 e. The van der Waals surface area contributed by atoms with Crippen molar-refractivity contribution >= 4 is 10.8 Å². The van der Waals surface area contributed by atoms with Gasteiger partial charge in [-0.15, -0.1) is 0 Å². The topological polar surface area (TPSA) is 29.5 Å². The van der Waals surface area contributed by atoms with Crippen LogP contribution in [0.1, 0.15) is 12.5 Å². The standard InChI is InChI=1S/C13H12O2/c1-13(14)8-15-12-10-5-3-2-4-9(10)6-7-11(12)13/h2-7,14H,8H2,1H3. The van der Waals surface area contributed by atoms with E-state index >= 15 is 0 Å². The maximum Gasteiger partial charge on any atom is 0.133 e. The van der Waals surface area contributed by atoms with Crippen LogP contribution in [-0.4, -0.2) is 11.7 Å². The minimum atomic E-state index is -0.848. The van der Waals surface area contributed by atoms with Crippen LogP contribution in [0.2, 0.25) is 0 Å². The van der Waals surface area contributed by atoms with Gasteiger partial charge in [0.15, 0.2) is 0 Å². The van der Waals surface area contributed by atoms with Crippen molar-refractivity contribution < 1.29 is 9.84 Å². The van der Waals surface area contributed by atoms with Crippen LogP contribution in [0, 0.1) is 0 Å². The van der Waals surface area contributed by atoms with Crippen LogP contribution in [-0.2, 0) is 5.60 Å². The van der Waals surface area contributed by atoms with Crippen LogP contribution >= 0.6 is 0 Å². The minimum absolute atomic E-state index is 0.344. The van der Waals surface area contributed by atoms with Gasteiger partial charge in [0, 0.05) is 10.9 Å². The van der Waals surface area contributed by atoms with Crippen LogP contribution in [0.4, 0.5) is 0 Å². The SMILES string of the molecule is CC1(O)COc2c1ccc1ccccc21. The molecular formula is C13H12O2. The van der Waals surface area contributed by atoms with Crippen LogP contribution in [0.5, 0.6) is 5.75 Å². The summed E-state index contributed by atoms with van der Waals surface area (Å²) in [6.45, 7) is 2.13. The highest BCUT2D eigenvalue weighted by Gasteiger charge is 2.34. The molecule has 1 aliphatic rings. The smallest absolute Gasteiger partial charge is 0.133 e. The summed E-state index contributed by atoms with van der Waals surface area (Å²) in [7, 11) is 0. The van der Waals surface area contributed by atoms with Crippen LogP contribution < -0.4 is 4.74 Å². The Kier molecular flexibility index (Phi) is 1.59. The second kappa shape index (κ2) is 2.74. The molecule has 1 heterocycles. The molecule has 0 fully saturated rings. The second-order valence-electron chi connectivity index (χ2n) is 4.23.